The summed E-state index contributed by atoms with van der Waals surface area (Å²) in [6.45, 7) is 5.69. The number of hydrogen-bond acceptors (Lipinski definition) is 4. The highest BCUT2D eigenvalue weighted by Gasteiger charge is 2.16. The molecule has 0 aromatic rings. The molecule has 0 aromatic carbocycles. The molecule has 0 heterocycles. The number of carbonyl (C=O) groups is 1. The highest BCUT2D eigenvalue weighted by atomic mass is 35.5. The molecule has 0 rings (SSSR count). The minimum absolute atomic E-state index is 0. The fraction of sp³-hybridized carbons (Fsp3) is 0.889. The molecule has 17 heavy (non-hydrogen) atoms. The molecule has 0 saturated carbocycles. The van der Waals surface area contributed by atoms with E-state index in [9.17, 15) is 13.2 Å². The van der Waals surface area contributed by atoms with Crippen LogP contribution in [-0.2, 0) is 14.8 Å². The first-order valence-electron chi connectivity index (χ1n) is 5.30. The minimum atomic E-state index is -3.19. The molecule has 0 aromatic heterocycles. The highest BCUT2D eigenvalue weighted by Crippen LogP contribution is 1.97. The van der Waals surface area contributed by atoms with Crippen LogP contribution in [0.1, 0.15) is 20.8 Å². The van der Waals surface area contributed by atoms with Crippen LogP contribution < -0.4 is 15.8 Å². The summed E-state index contributed by atoms with van der Waals surface area (Å²) in [4.78, 5) is 11.4. The van der Waals surface area contributed by atoms with Gasteiger partial charge in [-0.15, -0.1) is 12.4 Å². The summed E-state index contributed by atoms with van der Waals surface area (Å²) in [5.74, 6) is -0.162. The molecule has 0 aliphatic rings. The Balaban J connectivity index is 0. The molecular weight excluding hydrogens is 266 g/mol. The number of nitrogens with one attached hydrogen (secondary N) is 2. The Labute approximate surface area is 109 Å². The average Bonchev–Trinajstić information content (AvgIpc) is 2.22. The van der Waals surface area contributed by atoms with E-state index in [1.165, 1.54) is 0 Å². The Hall–Kier alpha value is -0.370. The molecule has 0 saturated heterocycles. The molecule has 0 unspecified atom stereocenters. The number of amides is 1. The van der Waals surface area contributed by atoms with Crippen molar-refractivity contribution >= 4 is 28.3 Å². The molecule has 0 spiro atoms. The summed E-state index contributed by atoms with van der Waals surface area (Å²) in [5, 5.41) is 2.57. The van der Waals surface area contributed by atoms with Gasteiger partial charge in [0.05, 0.1) is 11.8 Å². The van der Waals surface area contributed by atoms with Crippen molar-refractivity contribution in [2.24, 2.45) is 11.7 Å². The first kappa shape index (κ1) is 19.0. The zero-order valence-corrected chi connectivity index (χ0v) is 12.0. The Kier molecular flexibility index (Phi) is 9.69. The molecule has 0 bridgehead atoms. The van der Waals surface area contributed by atoms with Gasteiger partial charge in [-0.25, -0.2) is 13.1 Å². The fourth-order valence-electron chi connectivity index (χ4n) is 0.915. The summed E-state index contributed by atoms with van der Waals surface area (Å²) in [7, 11) is -3.19. The fourth-order valence-corrected chi connectivity index (χ4v) is 1.53. The predicted molar refractivity (Wildman–Crippen MR) is 70.5 cm³/mol. The lowest BCUT2D eigenvalue weighted by atomic mass is 10.1. The molecule has 0 aliphatic heterocycles. The smallest absolute Gasteiger partial charge is 0.237 e. The SMILES string of the molecule is CCS(=O)(=O)NCCNC(=O)[C@@H](N)C(C)C.Cl. The normalized spacial score (nSPS) is 13.0. The van der Waals surface area contributed by atoms with Crippen molar-refractivity contribution in [3.63, 3.8) is 0 Å². The van der Waals surface area contributed by atoms with Crippen molar-refractivity contribution in [3.8, 4) is 0 Å². The van der Waals surface area contributed by atoms with Gasteiger partial charge in [0.1, 0.15) is 0 Å². The van der Waals surface area contributed by atoms with E-state index in [1.807, 2.05) is 13.8 Å². The van der Waals surface area contributed by atoms with Gasteiger partial charge in [-0.3, -0.25) is 4.79 Å². The van der Waals surface area contributed by atoms with Gasteiger partial charge >= 0.3 is 0 Å². The summed E-state index contributed by atoms with van der Waals surface area (Å²) < 4.78 is 24.4. The van der Waals surface area contributed by atoms with E-state index in [4.69, 9.17) is 5.73 Å². The molecule has 1 amide bonds. The molecule has 0 fully saturated rings. The highest BCUT2D eigenvalue weighted by molar-refractivity contribution is 7.89. The van der Waals surface area contributed by atoms with E-state index < -0.39 is 16.1 Å². The van der Waals surface area contributed by atoms with E-state index in [1.54, 1.807) is 6.92 Å². The quantitative estimate of drug-likeness (QED) is 0.547. The lowest BCUT2D eigenvalue weighted by Gasteiger charge is -2.15. The zero-order chi connectivity index (χ0) is 12.8. The molecular formula is C9H22ClN3O3S. The van der Waals surface area contributed by atoms with Gasteiger partial charge in [0.2, 0.25) is 15.9 Å². The van der Waals surface area contributed by atoms with E-state index in [0.717, 1.165) is 0 Å². The van der Waals surface area contributed by atoms with Crippen LogP contribution in [0, 0.1) is 5.92 Å². The number of hydrogen-bond donors (Lipinski definition) is 3. The van der Waals surface area contributed by atoms with Gasteiger partial charge in [-0.05, 0) is 12.8 Å². The van der Waals surface area contributed by atoms with Gasteiger partial charge in [0.15, 0.2) is 0 Å². The van der Waals surface area contributed by atoms with Crippen molar-refractivity contribution in [1.82, 2.24) is 10.0 Å². The molecule has 4 N–H and O–H groups in total. The van der Waals surface area contributed by atoms with Crippen molar-refractivity contribution in [1.29, 1.82) is 0 Å². The summed E-state index contributed by atoms with van der Waals surface area (Å²) >= 11 is 0. The monoisotopic (exact) mass is 287 g/mol. The van der Waals surface area contributed by atoms with Gasteiger partial charge in [-0.2, -0.15) is 0 Å². The lowest BCUT2D eigenvalue weighted by molar-refractivity contribution is -0.123. The van der Waals surface area contributed by atoms with Crippen molar-refractivity contribution in [2.45, 2.75) is 26.8 Å². The predicted octanol–water partition coefficient (Wildman–Crippen LogP) is -0.553. The summed E-state index contributed by atoms with van der Waals surface area (Å²) in [5.41, 5.74) is 5.60. The second-order valence-corrected chi connectivity index (χ2v) is 5.95. The van der Waals surface area contributed by atoms with Gasteiger partial charge in [-0.1, -0.05) is 13.8 Å². The number of nitrogens with two attached hydrogens (primary N) is 1. The van der Waals surface area contributed by atoms with Gasteiger partial charge < -0.3 is 11.1 Å². The van der Waals surface area contributed by atoms with Crippen LogP contribution in [-0.4, -0.2) is 39.2 Å². The Morgan fingerprint density at radius 3 is 2.24 bits per heavy atom. The first-order valence-corrected chi connectivity index (χ1v) is 6.96. The van der Waals surface area contributed by atoms with E-state index >= 15 is 0 Å². The van der Waals surface area contributed by atoms with E-state index in [2.05, 4.69) is 10.0 Å². The Bertz CT molecular complexity index is 319. The largest absolute Gasteiger partial charge is 0.353 e. The number of halogens is 1. The molecule has 0 aliphatic carbocycles. The van der Waals surface area contributed by atoms with Crippen molar-refractivity contribution < 1.29 is 13.2 Å². The van der Waals surface area contributed by atoms with Crippen LogP contribution in [0.15, 0.2) is 0 Å². The Morgan fingerprint density at radius 1 is 1.29 bits per heavy atom. The Morgan fingerprint density at radius 2 is 1.82 bits per heavy atom. The first-order chi connectivity index (χ1) is 7.30. The van der Waals surface area contributed by atoms with Gasteiger partial charge in [0.25, 0.3) is 0 Å². The molecule has 8 heteroatoms. The number of sulfonamides is 1. The van der Waals surface area contributed by atoms with E-state index in [0.29, 0.717) is 0 Å². The second-order valence-electron chi connectivity index (χ2n) is 3.86. The van der Waals surface area contributed by atoms with Crippen LogP contribution in [0.5, 0.6) is 0 Å². The topological polar surface area (TPSA) is 101 Å². The van der Waals surface area contributed by atoms with E-state index in [-0.39, 0.29) is 43.1 Å². The molecule has 104 valence electrons. The van der Waals surface area contributed by atoms with Crippen LogP contribution >= 0.6 is 12.4 Å². The lowest BCUT2D eigenvalue weighted by Crippen LogP contribution is -2.46. The standard InChI is InChI=1S/C9H21N3O3S.ClH/c1-4-16(14,15)12-6-5-11-9(13)8(10)7(2)3;/h7-8,12H,4-6,10H2,1-3H3,(H,11,13);1H/t8-;/m0./s1. The van der Waals surface area contributed by atoms with Crippen LogP contribution in [0.25, 0.3) is 0 Å². The summed E-state index contributed by atoms with van der Waals surface area (Å²) in [6, 6.07) is -0.553. The number of rotatable bonds is 7. The van der Waals surface area contributed by atoms with Crippen LogP contribution in [0.4, 0.5) is 0 Å². The average molecular weight is 288 g/mol. The maximum atomic E-state index is 11.4. The van der Waals surface area contributed by atoms with Crippen LogP contribution in [0.2, 0.25) is 0 Å². The minimum Gasteiger partial charge on any atom is -0.353 e. The van der Waals surface area contributed by atoms with Crippen LogP contribution in [0.3, 0.4) is 0 Å². The second kappa shape index (κ2) is 8.68. The number of carbonyl (C=O) groups excluding carboxylic acids is 1. The third kappa shape index (κ3) is 8.37. The summed E-state index contributed by atoms with van der Waals surface area (Å²) in [6.07, 6.45) is 0. The molecule has 6 nitrogen and oxygen atoms in total. The maximum Gasteiger partial charge on any atom is 0.237 e. The third-order valence-corrected chi connectivity index (χ3v) is 3.55. The maximum absolute atomic E-state index is 11.4. The van der Waals surface area contributed by atoms with Gasteiger partial charge in [0, 0.05) is 13.1 Å². The van der Waals surface area contributed by atoms with Crippen molar-refractivity contribution in [2.75, 3.05) is 18.8 Å². The molecule has 1 atom stereocenters. The zero-order valence-electron chi connectivity index (χ0n) is 10.4. The third-order valence-electron chi connectivity index (χ3n) is 2.15. The molecule has 0 radical (unpaired) electrons. The van der Waals surface area contributed by atoms with Crippen molar-refractivity contribution in [3.05, 3.63) is 0 Å².